The summed E-state index contributed by atoms with van der Waals surface area (Å²) in [5.74, 6) is 0.925. The van der Waals surface area contributed by atoms with Crippen LogP contribution in [0, 0.1) is 11.7 Å². The Morgan fingerprint density at radius 1 is 1.16 bits per heavy atom. The lowest BCUT2D eigenvalue weighted by Gasteiger charge is -2.32. The van der Waals surface area contributed by atoms with Crippen molar-refractivity contribution < 1.29 is 9.53 Å². The summed E-state index contributed by atoms with van der Waals surface area (Å²) in [7, 11) is 0. The molecule has 1 aromatic heterocycles. The molecule has 1 aliphatic heterocycles. The number of aromatic amines is 1. The lowest BCUT2D eigenvalue weighted by atomic mass is 10.1. The normalized spacial score (nSPS) is 14.7. The number of hydrogen-bond donors (Lipinski definition) is 1. The molecule has 0 bridgehead atoms. The zero-order chi connectivity index (χ0) is 21.6. The quantitative estimate of drug-likeness (QED) is 0.554. The first kappa shape index (κ1) is 21.5. The molecule has 1 fully saturated rings. The van der Waals surface area contributed by atoms with Crippen molar-refractivity contribution in [3.63, 3.8) is 0 Å². The number of nitrogens with one attached hydrogen (secondary N) is 1. The van der Waals surface area contributed by atoms with Gasteiger partial charge in [-0.3, -0.25) is 14.5 Å². The van der Waals surface area contributed by atoms with E-state index in [1.165, 1.54) is 5.56 Å². The summed E-state index contributed by atoms with van der Waals surface area (Å²) in [6, 6.07) is 18.3. The fraction of sp³-hybridized carbons (Fsp3) is 0.375. The lowest BCUT2D eigenvalue weighted by molar-refractivity contribution is -0.134. The first-order valence-electron chi connectivity index (χ1n) is 10.8. The smallest absolute Gasteiger partial charge is 0.224 e. The number of benzene rings is 2. The Morgan fingerprint density at radius 2 is 1.94 bits per heavy atom. The van der Waals surface area contributed by atoms with E-state index in [2.05, 4.69) is 28.4 Å². The van der Waals surface area contributed by atoms with Crippen LogP contribution in [0.2, 0.25) is 0 Å². The molecule has 162 valence electrons. The number of aromatic nitrogens is 3. The van der Waals surface area contributed by atoms with E-state index in [-0.39, 0.29) is 12.0 Å². The highest BCUT2D eigenvalue weighted by Crippen LogP contribution is 2.20. The van der Waals surface area contributed by atoms with Crippen molar-refractivity contribution in [2.45, 2.75) is 45.4 Å². The molecule has 0 saturated carbocycles. The zero-order valence-electron chi connectivity index (χ0n) is 17.8. The van der Waals surface area contributed by atoms with Crippen LogP contribution in [0.4, 0.5) is 0 Å². The summed E-state index contributed by atoms with van der Waals surface area (Å²) >= 11 is 5.40. The fourth-order valence-corrected chi connectivity index (χ4v) is 4.18. The number of carbonyl (C=O) groups is 1. The number of ether oxygens (including phenoxy) is 1. The highest BCUT2D eigenvalue weighted by atomic mass is 32.1. The number of hydrogen-bond acceptors (Lipinski definition) is 4. The Kier molecular flexibility index (Phi) is 6.94. The van der Waals surface area contributed by atoms with Gasteiger partial charge < -0.3 is 9.64 Å². The average molecular weight is 437 g/mol. The summed E-state index contributed by atoms with van der Waals surface area (Å²) < 4.78 is 8.49. The van der Waals surface area contributed by atoms with Crippen molar-refractivity contribution in [2.75, 3.05) is 13.1 Å². The molecule has 7 heteroatoms. The highest BCUT2D eigenvalue weighted by Gasteiger charge is 2.23. The minimum absolute atomic E-state index is 0.153. The molecule has 2 heterocycles. The van der Waals surface area contributed by atoms with Crippen LogP contribution in [0.1, 0.15) is 30.4 Å². The molecule has 4 rings (SSSR count). The van der Waals surface area contributed by atoms with Crippen molar-refractivity contribution in [1.82, 2.24) is 19.7 Å². The summed E-state index contributed by atoms with van der Waals surface area (Å²) in [5, 5.41) is 7.24. The molecule has 3 aromatic rings. The molecule has 31 heavy (non-hydrogen) atoms. The van der Waals surface area contributed by atoms with Gasteiger partial charge in [0.25, 0.3) is 0 Å². The van der Waals surface area contributed by atoms with Crippen LogP contribution in [0.25, 0.3) is 11.4 Å². The van der Waals surface area contributed by atoms with Crippen LogP contribution in [-0.4, -0.2) is 44.8 Å². The Balaban J connectivity index is 1.28. The van der Waals surface area contributed by atoms with Gasteiger partial charge in [-0.2, -0.15) is 5.10 Å². The van der Waals surface area contributed by atoms with Gasteiger partial charge in [-0.1, -0.05) is 54.1 Å². The number of carbonyl (C=O) groups excluding carboxylic acids is 1. The van der Waals surface area contributed by atoms with Gasteiger partial charge in [0.2, 0.25) is 5.91 Å². The third kappa shape index (κ3) is 5.48. The SMILES string of the molecule is Cc1cccc(-c2n[nH]c(=S)n2CCC(=O)N2CCC(OCc3ccccc3)CC2)c1. The van der Waals surface area contributed by atoms with Crippen LogP contribution in [-0.2, 0) is 22.7 Å². The van der Waals surface area contributed by atoms with E-state index in [0.717, 1.165) is 42.9 Å². The van der Waals surface area contributed by atoms with Crippen LogP contribution in [0.3, 0.4) is 0 Å². The molecule has 6 nitrogen and oxygen atoms in total. The number of aryl methyl sites for hydroxylation is 1. The second kappa shape index (κ2) is 10.0. The topological polar surface area (TPSA) is 63.2 Å². The Morgan fingerprint density at radius 3 is 2.68 bits per heavy atom. The van der Waals surface area contributed by atoms with Crippen molar-refractivity contribution in [3.05, 3.63) is 70.5 Å². The molecule has 2 aromatic carbocycles. The maximum atomic E-state index is 12.8. The number of H-pyrrole nitrogens is 1. The van der Waals surface area contributed by atoms with Gasteiger partial charge in [0, 0.05) is 31.6 Å². The second-order valence-corrected chi connectivity index (χ2v) is 8.39. The van der Waals surface area contributed by atoms with E-state index in [0.29, 0.717) is 24.3 Å². The summed E-state index contributed by atoms with van der Waals surface area (Å²) in [6.07, 6.45) is 2.36. The van der Waals surface area contributed by atoms with Gasteiger partial charge in [0.05, 0.1) is 12.7 Å². The third-order valence-corrected chi connectivity index (χ3v) is 6.02. The monoisotopic (exact) mass is 436 g/mol. The van der Waals surface area contributed by atoms with E-state index in [1.54, 1.807) is 0 Å². The number of piperidine rings is 1. The minimum Gasteiger partial charge on any atom is -0.373 e. The van der Waals surface area contributed by atoms with Gasteiger partial charge in [0.1, 0.15) is 0 Å². The standard InChI is InChI=1S/C24H28N4O2S/c1-18-6-5-9-20(16-18)23-25-26-24(31)28(23)15-12-22(29)27-13-10-21(11-14-27)30-17-19-7-3-2-4-8-19/h2-9,16,21H,10-15,17H2,1H3,(H,26,31). The molecular weight excluding hydrogens is 408 g/mol. The maximum absolute atomic E-state index is 12.8. The molecule has 0 atom stereocenters. The van der Waals surface area contributed by atoms with Gasteiger partial charge in [-0.15, -0.1) is 0 Å². The Bertz CT molecular complexity index is 1070. The third-order valence-electron chi connectivity index (χ3n) is 5.71. The number of nitrogens with zero attached hydrogens (tertiary/aromatic N) is 3. The molecule has 1 aliphatic rings. The van der Waals surface area contributed by atoms with Crippen molar-refractivity contribution in [1.29, 1.82) is 0 Å². The van der Waals surface area contributed by atoms with Gasteiger partial charge >= 0.3 is 0 Å². The highest BCUT2D eigenvalue weighted by molar-refractivity contribution is 7.71. The molecule has 1 amide bonds. The molecule has 0 radical (unpaired) electrons. The Labute approximate surface area is 187 Å². The molecule has 0 unspecified atom stereocenters. The average Bonchev–Trinajstić information content (AvgIpc) is 3.17. The van der Waals surface area contributed by atoms with Crippen LogP contribution in [0.5, 0.6) is 0 Å². The van der Waals surface area contributed by atoms with Crippen molar-refractivity contribution >= 4 is 18.1 Å². The van der Waals surface area contributed by atoms with E-state index >= 15 is 0 Å². The van der Waals surface area contributed by atoms with E-state index in [4.69, 9.17) is 17.0 Å². The van der Waals surface area contributed by atoms with Gasteiger partial charge in [-0.05, 0) is 43.6 Å². The van der Waals surface area contributed by atoms with E-state index in [9.17, 15) is 4.79 Å². The number of rotatable bonds is 7. The largest absolute Gasteiger partial charge is 0.373 e. The second-order valence-electron chi connectivity index (χ2n) is 8.00. The van der Waals surface area contributed by atoms with Crippen LogP contribution < -0.4 is 0 Å². The van der Waals surface area contributed by atoms with E-state index < -0.39 is 0 Å². The molecule has 1 N–H and O–H groups in total. The first-order valence-corrected chi connectivity index (χ1v) is 11.2. The zero-order valence-corrected chi connectivity index (χ0v) is 18.6. The lowest BCUT2D eigenvalue weighted by Crippen LogP contribution is -2.41. The van der Waals surface area contributed by atoms with Crippen molar-refractivity contribution in [2.24, 2.45) is 0 Å². The molecular formula is C24H28N4O2S. The summed E-state index contributed by atoms with van der Waals surface area (Å²) in [4.78, 5) is 14.7. The predicted octanol–water partition coefficient (Wildman–Crippen LogP) is 4.51. The number of likely N-dealkylation sites (tertiary alicyclic amines) is 1. The number of amides is 1. The van der Waals surface area contributed by atoms with Gasteiger partial charge in [-0.25, -0.2) is 0 Å². The Hall–Kier alpha value is -2.77. The molecule has 0 aliphatic carbocycles. The molecule has 1 saturated heterocycles. The summed E-state index contributed by atoms with van der Waals surface area (Å²) in [5.41, 5.74) is 3.34. The fourth-order valence-electron chi connectivity index (χ4n) is 3.96. The van der Waals surface area contributed by atoms with Crippen molar-refractivity contribution in [3.8, 4) is 11.4 Å². The van der Waals surface area contributed by atoms with Gasteiger partial charge in [0.15, 0.2) is 10.6 Å². The van der Waals surface area contributed by atoms with Crippen LogP contribution >= 0.6 is 12.2 Å². The van der Waals surface area contributed by atoms with Crippen LogP contribution in [0.15, 0.2) is 54.6 Å². The minimum atomic E-state index is 0.153. The summed E-state index contributed by atoms with van der Waals surface area (Å²) in [6.45, 7) is 4.66. The first-order chi connectivity index (χ1) is 15.1. The van der Waals surface area contributed by atoms with E-state index in [1.807, 2.05) is 52.8 Å². The predicted molar refractivity (Wildman–Crippen MR) is 123 cm³/mol. The molecule has 0 spiro atoms. The maximum Gasteiger partial charge on any atom is 0.224 e.